The average Bonchev–Trinajstić information content (AvgIpc) is 2.61. The van der Waals surface area contributed by atoms with Gasteiger partial charge in [0, 0.05) is 25.3 Å². The smallest absolute Gasteiger partial charge is 0.319 e. The second-order valence-corrected chi connectivity index (χ2v) is 6.63. The number of nitrogens with one attached hydrogen (secondary N) is 2. The Hall–Kier alpha value is -2.61. The summed E-state index contributed by atoms with van der Waals surface area (Å²) >= 11 is 0. The predicted octanol–water partition coefficient (Wildman–Crippen LogP) is 1.77. The molecule has 2 rings (SSSR count). The van der Waals surface area contributed by atoms with Gasteiger partial charge in [-0.3, -0.25) is 9.59 Å². The summed E-state index contributed by atoms with van der Waals surface area (Å²) in [4.78, 5) is 37.7. The minimum atomic E-state index is -0.867. The zero-order valence-corrected chi connectivity index (χ0v) is 15.9. The fourth-order valence-corrected chi connectivity index (χ4v) is 2.90. The van der Waals surface area contributed by atoms with Crippen LogP contribution in [0, 0.1) is 0 Å². The van der Waals surface area contributed by atoms with Gasteiger partial charge in [-0.05, 0) is 32.9 Å². The second kappa shape index (κ2) is 9.91. The molecule has 8 heteroatoms. The standard InChI is InChI=1S/C19H27N3O5/c1-13-11-22(12-14(2)26-13)18(24)15(3)27-17(23)9-10-20-19(25)21-16-7-5-4-6-8-16/h4-8,13-15H,9-12H2,1-3H3,(H2,20,21,25). The zero-order valence-electron chi connectivity index (χ0n) is 15.9. The largest absolute Gasteiger partial charge is 0.452 e. The molecule has 1 fully saturated rings. The van der Waals surface area contributed by atoms with E-state index >= 15 is 0 Å². The van der Waals surface area contributed by atoms with Crippen LogP contribution in [0.2, 0.25) is 0 Å². The molecule has 0 aromatic heterocycles. The van der Waals surface area contributed by atoms with Crippen LogP contribution >= 0.6 is 0 Å². The first-order valence-corrected chi connectivity index (χ1v) is 9.08. The lowest BCUT2D eigenvalue weighted by atomic mass is 10.2. The van der Waals surface area contributed by atoms with E-state index in [-0.39, 0.29) is 31.1 Å². The molecule has 0 radical (unpaired) electrons. The first-order valence-electron chi connectivity index (χ1n) is 9.08. The molecule has 3 atom stereocenters. The molecule has 1 aromatic carbocycles. The summed E-state index contributed by atoms with van der Waals surface area (Å²) in [5, 5.41) is 5.23. The van der Waals surface area contributed by atoms with Crippen LogP contribution in [0.1, 0.15) is 27.2 Å². The van der Waals surface area contributed by atoms with Gasteiger partial charge in [0.1, 0.15) is 0 Å². The molecule has 0 aliphatic carbocycles. The Morgan fingerprint density at radius 3 is 2.44 bits per heavy atom. The number of hydrogen-bond donors (Lipinski definition) is 2. The number of para-hydroxylation sites is 1. The van der Waals surface area contributed by atoms with Gasteiger partial charge < -0.3 is 25.0 Å². The highest BCUT2D eigenvalue weighted by Crippen LogP contribution is 2.13. The minimum Gasteiger partial charge on any atom is -0.452 e. The first-order chi connectivity index (χ1) is 12.8. The number of hydrogen-bond acceptors (Lipinski definition) is 5. The maximum absolute atomic E-state index is 12.4. The van der Waals surface area contributed by atoms with Gasteiger partial charge in [0.15, 0.2) is 6.10 Å². The third-order valence-corrected chi connectivity index (χ3v) is 4.03. The van der Waals surface area contributed by atoms with E-state index < -0.39 is 18.1 Å². The fourth-order valence-electron chi connectivity index (χ4n) is 2.90. The summed E-state index contributed by atoms with van der Waals surface area (Å²) in [6.07, 6.45) is -0.982. The predicted molar refractivity (Wildman–Crippen MR) is 100 cm³/mol. The highest BCUT2D eigenvalue weighted by Gasteiger charge is 2.30. The number of amides is 3. The number of carbonyl (C=O) groups is 3. The molecular formula is C19H27N3O5. The van der Waals surface area contributed by atoms with E-state index in [1.54, 1.807) is 36.1 Å². The van der Waals surface area contributed by atoms with Crippen LogP contribution in [0.25, 0.3) is 0 Å². The Labute approximate surface area is 159 Å². The maximum Gasteiger partial charge on any atom is 0.319 e. The second-order valence-electron chi connectivity index (χ2n) is 6.63. The number of urea groups is 1. The van der Waals surface area contributed by atoms with E-state index in [2.05, 4.69) is 10.6 Å². The summed E-state index contributed by atoms with van der Waals surface area (Å²) in [7, 11) is 0. The lowest BCUT2D eigenvalue weighted by Crippen LogP contribution is -2.51. The topological polar surface area (TPSA) is 97.0 Å². The number of rotatable bonds is 6. The SMILES string of the molecule is CC1CN(C(=O)C(C)OC(=O)CCNC(=O)Nc2ccccc2)CC(C)O1. The van der Waals surface area contributed by atoms with Gasteiger partial charge in [-0.25, -0.2) is 4.79 Å². The van der Waals surface area contributed by atoms with Crippen molar-refractivity contribution in [3.63, 3.8) is 0 Å². The molecule has 148 valence electrons. The molecule has 3 amide bonds. The van der Waals surface area contributed by atoms with Crippen LogP contribution in [0.5, 0.6) is 0 Å². The minimum absolute atomic E-state index is 0.0181. The van der Waals surface area contributed by atoms with Crippen molar-refractivity contribution in [1.82, 2.24) is 10.2 Å². The van der Waals surface area contributed by atoms with Gasteiger partial charge in [0.2, 0.25) is 0 Å². The molecule has 1 heterocycles. The van der Waals surface area contributed by atoms with Crippen molar-refractivity contribution in [2.45, 2.75) is 45.5 Å². The summed E-state index contributed by atoms with van der Waals surface area (Å²) in [5.41, 5.74) is 0.658. The Balaban J connectivity index is 1.68. The molecule has 1 aliphatic heterocycles. The highest BCUT2D eigenvalue weighted by atomic mass is 16.5. The summed E-state index contributed by atoms with van der Waals surface area (Å²) in [6.45, 7) is 6.43. The molecule has 3 unspecified atom stereocenters. The molecule has 1 saturated heterocycles. The van der Waals surface area contributed by atoms with Crippen LogP contribution in [0.4, 0.5) is 10.5 Å². The van der Waals surface area contributed by atoms with Crippen LogP contribution in [-0.4, -0.2) is 60.8 Å². The van der Waals surface area contributed by atoms with Crippen LogP contribution in [0.3, 0.4) is 0 Å². The number of anilines is 1. The van der Waals surface area contributed by atoms with Crippen LogP contribution < -0.4 is 10.6 Å². The Morgan fingerprint density at radius 1 is 1.19 bits per heavy atom. The number of esters is 1. The first kappa shape index (κ1) is 20.7. The third kappa shape index (κ3) is 6.90. The number of nitrogens with zero attached hydrogens (tertiary/aromatic N) is 1. The van der Waals surface area contributed by atoms with E-state index in [1.807, 2.05) is 19.9 Å². The number of benzene rings is 1. The van der Waals surface area contributed by atoms with E-state index in [1.165, 1.54) is 0 Å². The van der Waals surface area contributed by atoms with Gasteiger partial charge in [-0.15, -0.1) is 0 Å². The Bertz CT molecular complexity index is 642. The normalized spacial score (nSPS) is 20.5. The lowest BCUT2D eigenvalue weighted by Gasteiger charge is -2.36. The van der Waals surface area contributed by atoms with Crippen molar-refractivity contribution in [2.24, 2.45) is 0 Å². The van der Waals surface area contributed by atoms with Crippen LogP contribution in [-0.2, 0) is 19.1 Å². The molecule has 27 heavy (non-hydrogen) atoms. The lowest BCUT2D eigenvalue weighted by molar-refractivity contribution is -0.164. The van der Waals surface area contributed by atoms with Crippen molar-refractivity contribution in [1.29, 1.82) is 0 Å². The van der Waals surface area contributed by atoms with Crippen molar-refractivity contribution >= 4 is 23.6 Å². The molecule has 0 saturated carbocycles. The van der Waals surface area contributed by atoms with Crippen LogP contribution in [0.15, 0.2) is 30.3 Å². The van der Waals surface area contributed by atoms with Gasteiger partial charge in [0.25, 0.3) is 5.91 Å². The van der Waals surface area contributed by atoms with Crippen molar-refractivity contribution in [2.75, 3.05) is 25.0 Å². The van der Waals surface area contributed by atoms with Gasteiger partial charge in [-0.1, -0.05) is 18.2 Å². The molecule has 2 N–H and O–H groups in total. The fraction of sp³-hybridized carbons (Fsp3) is 0.526. The zero-order chi connectivity index (χ0) is 19.8. The molecular weight excluding hydrogens is 350 g/mol. The molecule has 0 spiro atoms. The monoisotopic (exact) mass is 377 g/mol. The van der Waals surface area contributed by atoms with Gasteiger partial charge in [0.05, 0.1) is 18.6 Å². The van der Waals surface area contributed by atoms with Crippen molar-refractivity contribution in [3.05, 3.63) is 30.3 Å². The van der Waals surface area contributed by atoms with E-state index in [4.69, 9.17) is 9.47 Å². The van der Waals surface area contributed by atoms with E-state index in [0.717, 1.165) is 0 Å². The summed E-state index contributed by atoms with van der Waals surface area (Å²) in [5.74, 6) is -0.773. The number of morpholine rings is 1. The van der Waals surface area contributed by atoms with E-state index in [0.29, 0.717) is 18.8 Å². The van der Waals surface area contributed by atoms with Gasteiger partial charge in [-0.2, -0.15) is 0 Å². The molecule has 0 bridgehead atoms. The average molecular weight is 377 g/mol. The molecule has 1 aliphatic rings. The van der Waals surface area contributed by atoms with Gasteiger partial charge >= 0.3 is 12.0 Å². The quantitative estimate of drug-likeness (QED) is 0.737. The highest BCUT2D eigenvalue weighted by molar-refractivity contribution is 5.89. The summed E-state index contributed by atoms with van der Waals surface area (Å²) in [6, 6.07) is 8.57. The molecule has 1 aromatic rings. The van der Waals surface area contributed by atoms with Crippen molar-refractivity contribution < 1.29 is 23.9 Å². The third-order valence-electron chi connectivity index (χ3n) is 4.03. The number of ether oxygens (including phenoxy) is 2. The molecule has 8 nitrogen and oxygen atoms in total. The number of carbonyl (C=O) groups excluding carboxylic acids is 3. The summed E-state index contributed by atoms with van der Waals surface area (Å²) < 4.78 is 10.8. The Morgan fingerprint density at radius 2 is 1.81 bits per heavy atom. The maximum atomic E-state index is 12.4. The van der Waals surface area contributed by atoms with E-state index in [9.17, 15) is 14.4 Å². The Kier molecular flexibility index (Phi) is 7.60. The van der Waals surface area contributed by atoms with Crippen molar-refractivity contribution in [3.8, 4) is 0 Å².